The van der Waals surface area contributed by atoms with Crippen LogP contribution in [0.5, 0.6) is 0 Å². The summed E-state index contributed by atoms with van der Waals surface area (Å²) in [6.07, 6.45) is 3.15. The van der Waals surface area contributed by atoms with Crippen LogP contribution in [-0.4, -0.2) is 24.7 Å². The number of ether oxygens (including phenoxy) is 1. The van der Waals surface area contributed by atoms with Crippen LogP contribution in [0.3, 0.4) is 0 Å². The summed E-state index contributed by atoms with van der Waals surface area (Å²) >= 11 is 0. The first kappa shape index (κ1) is 13.1. The average Bonchev–Trinajstić information content (AvgIpc) is 2.35. The molecule has 1 atom stereocenters. The Morgan fingerprint density at radius 3 is 2.83 bits per heavy atom. The van der Waals surface area contributed by atoms with E-state index >= 15 is 0 Å². The third-order valence-corrected chi connectivity index (χ3v) is 3.25. The molecule has 98 valence electrons. The Morgan fingerprint density at radius 2 is 2.11 bits per heavy atom. The summed E-state index contributed by atoms with van der Waals surface area (Å²) < 4.78 is 5.11. The Bertz CT molecular complexity index is 415. The van der Waals surface area contributed by atoms with Gasteiger partial charge in [0.2, 0.25) is 0 Å². The number of hydrogen-bond acceptors (Lipinski definition) is 3. The zero-order valence-electron chi connectivity index (χ0n) is 11.1. The van der Waals surface area contributed by atoms with Crippen LogP contribution in [0.4, 0.5) is 0 Å². The van der Waals surface area contributed by atoms with Crippen molar-refractivity contribution in [2.75, 3.05) is 6.54 Å². The highest BCUT2D eigenvalue weighted by atomic mass is 16.5. The molecule has 1 aromatic rings. The predicted molar refractivity (Wildman–Crippen MR) is 71.5 cm³/mol. The quantitative estimate of drug-likeness (QED) is 0.828. The lowest BCUT2D eigenvalue weighted by Crippen LogP contribution is -2.38. The number of benzene rings is 1. The van der Waals surface area contributed by atoms with Gasteiger partial charge in [-0.25, -0.2) is 0 Å². The third-order valence-electron chi connectivity index (χ3n) is 3.25. The van der Waals surface area contributed by atoms with E-state index in [0.29, 0.717) is 12.6 Å². The minimum Gasteiger partial charge on any atom is -0.462 e. The van der Waals surface area contributed by atoms with Crippen LogP contribution in [0, 0.1) is 0 Å². The minimum atomic E-state index is -0.163. The molecule has 1 aliphatic carbocycles. The van der Waals surface area contributed by atoms with Crippen molar-refractivity contribution < 1.29 is 9.53 Å². The second-order valence-corrected chi connectivity index (χ2v) is 5.13. The van der Waals surface area contributed by atoms with Crippen LogP contribution in [0.25, 0.3) is 0 Å². The van der Waals surface area contributed by atoms with E-state index in [2.05, 4.69) is 29.6 Å². The molecule has 1 aliphatic rings. The van der Waals surface area contributed by atoms with Crippen molar-refractivity contribution in [3.05, 3.63) is 35.4 Å². The number of nitrogens with one attached hydrogen (secondary N) is 1. The van der Waals surface area contributed by atoms with Gasteiger partial charge < -0.3 is 10.1 Å². The molecule has 2 rings (SSSR count). The summed E-state index contributed by atoms with van der Waals surface area (Å²) in [5.41, 5.74) is 2.85. The SMILES string of the molecule is CC(C)OC(=O)CNC1CCc2ccccc2C1. The van der Waals surface area contributed by atoms with E-state index in [-0.39, 0.29) is 12.1 Å². The molecule has 0 radical (unpaired) electrons. The first-order valence-corrected chi connectivity index (χ1v) is 6.65. The first-order chi connectivity index (χ1) is 8.65. The van der Waals surface area contributed by atoms with Gasteiger partial charge in [0.05, 0.1) is 12.6 Å². The topological polar surface area (TPSA) is 38.3 Å². The second-order valence-electron chi connectivity index (χ2n) is 5.13. The first-order valence-electron chi connectivity index (χ1n) is 6.65. The van der Waals surface area contributed by atoms with Crippen molar-refractivity contribution in [3.63, 3.8) is 0 Å². The van der Waals surface area contributed by atoms with Crippen LogP contribution >= 0.6 is 0 Å². The van der Waals surface area contributed by atoms with Gasteiger partial charge in [-0.15, -0.1) is 0 Å². The van der Waals surface area contributed by atoms with Crippen molar-refractivity contribution in [3.8, 4) is 0 Å². The van der Waals surface area contributed by atoms with Crippen molar-refractivity contribution in [2.45, 2.75) is 45.3 Å². The molecule has 0 bridgehead atoms. The zero-order valence-corrected chi connectivity index (χ0v) is 11.1. The highest BCUT2D eigenvalue weighted by Crippen LogP contribution is 2.20. The summed E-state index contributed by atoms with van der Waals surface area (Å²) in [4.78, 5) is 11.5. The number of hydrogen-bond donors (Lipinski definition) is 1. The molecule has 18 heavy (non-hydrogen) atoms. The van der Waals surface area contributed by atoms with Crippen LogP contribution in [0.2, 0.25) is 0 Å². The van der Waals surface area contributed by atoms with E-state index in [9.17, 15) is 4.79 Å². The number of fused-ring (bicyclic) bond motifs is 1. The van der Waals surface area contributed by atoms with Gasteiger partial charge in [0.1, 0.15) is 0 Å². The lowest BCUT2D eigenvalue weighted by atomic mass is 9.88. The molecule has 3 nitrogen and oxygen atoms in total. The van der Waals surface area contributed by atoms with E-state index in [1.54, 1.807) is 0 Å². The van der Waals surface area contributed by atoms with E-state index in [0.717, 1.165) is 19.3 Å². The van der Waals surface area contributed by atoms with E-state index in [1.165, 1.54) is 11.1 Å². The van der Waals surface area contributed by atoms with Gasteiger partial charge in [0.15, 0.2) is 0 Å². The maximum Gasteiger partial charge on any atom is 0.320 e. The summed E-state index contributed by atoms with van der Waals surface area (Å²) in [6, 6.07) is 8.93. The lowest BCUT2D eigenvalue weighted by Gasteiger charge is -2.25. The van der Waals surface area contributed by atoms with Crippen LogP contribution in [0.15, 0.2) is 24.3 Å². The van der Waals surface area contributed by atoms with Gasteiger partial charge in [0.25, 0.3) is 0 Å². The Kier molecular flexibility index (Phi) is 4.37. The molecule has 0 saturated carbocycles. The third kappa shape index (κ3) is 3.57. The summed E-state index contributed by atoms with van der Waals surface area (Å²) in [5.74, 6) is -0.163. The lowest BCUT2D eigenvalue weighted by molar-refractivity contribution is -0.146. The molecule has 0 aliphatic heterocycles. The minimum absolute atomic E-state index is 0.0358. The second kappa shape index (κ2) is 6.01. The average molecular weight is 247 g/mol. The molecule has 1 N–H and O–H groups in total. The summed E-state index contributed by atoms with van der Waals surface area (Å²) in [5, 5.41) is 3.29. The molecule has 0 aromatic heterocycles. The Balaban J connectivity index is 1.81. The van der Waals surface area contributed by atoms with E-state index in [1.807, 2.05) is 13.8 Å². The molecule has 0 saturated heterocycles. The molecule has 0 heterocycles. The van der Waals surface area contributed by atoms with Gasteiger partial charge in [-0.05, 0) is 44.2 Å². The van der Waals surface area contributed by atoms with Crippen molar-refractivity contribution >= 4 is 5.97 Å². The smallest absolute Gasteiger partial charge is 0.320 e. The van der Waals surface area contributed by atoms with E-state index < -0.39 is 0 Å². The molecule has 0 fully saturated rings. The molecule has 1 unspecified atom stereocenters. The molecule has 0 amide bonds. The molecule has 1 aromatic carbocycles. The van der Waals surface area contributed by atoms with Crippen molar-refractivity contribution in [1.82, 2.24) is 5.32 Å². The number of rotatable bonds is 4. The highest BCUT2D eigenvalue weighted by Gasteiger charge is 2.18. The highest BCUT2D eigenvalue weighted by molar-refractivity contribution is 5.71. The normalized spacial score (nSPS) is 18.5. The van der Waals surface area contributed by atoms with Crippen LogP contribution in [-0.2, 0) is 22.4 Å². The van der Waals surface area contributed by atoms with Crippen molar-refractivity contribution in [1.29, 1.82) is 0 Å². The monoisotopic (exact) mass is 247 g/mol. The Labute approximate surface area is 109 Å². The summed E-state index contributed by atoms with van der Waals surface area (Å²) in [7, 11) is 0. The standard InChI is InChI=1S/C15H21NO2/c1-11(2)18-15(17)10-16-14-8-7-12-5-3-4-6-13(12)9-14/h3-6,11,14,16H,7-10H2,1-2H3. The van der Waals surface area contributed by atoms with Gasteiger partial charge in [-0.1, -0.05) is 24.3 Å². The Hall–Kier alpha value is -1.35. The molecule has 3 heteroatoms. The molecular formula is C15H21NO2. The maximum absolute atomic E-state index is 11.5. The van der Waals surface area contributed by atoms with Gasteiger partial charge in [0, 0.05) is 6.04 Å². The number of carbonyl (C=O) groups excluding carboxylic acids is 1. The maximum atomic E-state index is 11.5. The van der Waals surface area contributed by atoms with Gasteiger partial charge in [-0.3, -0.25) is 4.79 Å². The van der Waals surface area contributed by atoms with Crippen LogP contribution < -0.4 is 5.32 Å². The molecule has 0 spiro atoms. The number of carbonyl (C=O) groups is 1. The number of aryl methyl sites for hydroxylation is 1. The predicted octanol–water partition coefficient (Wildman–Crippen LogP) is 2.09. The zero-order chi connectivity index (χ0) is 13.0. The Morgan fingerprint density at radius 1 is 1.39 bits per heavy atom. The fourth-order valence-corrected chi connectivity index (χ4v) is 2.40. The number of esters is 1. The fourth-order valence-electron chi connectivity index (χ4n) is 2.40. The fraction of sp³-hybridized carbons (Fsp3) is 0.533. The summed E-state index contributed by atoms with van der Waals surface area (Å²) in [6.45, 7) is 4.05. The largest absolute Gasteiger partial charge is 0.462 e. The van der Waals surface area contributed by atoms with Gasteiger partial charge >= 0.3 is 5.97 Å². The van der Waals surface area contributed by atoms with Gasteiger partial charge in [-0.2, -0.15) is 0 Å². The van der Waals surface area contributed by atoms with E-state index in [4.69, 9.17) is 4.74 Å². The van der Waals surface area contributed by atoms with Crippen molar-refractivity contribution in [2.24, 2.45) is 0 Å². The van der Waals surface area contributed by atoms with Crippen LogP contribution in [0.1, 0.15) is 31.4 Å². The molecular weight excluding hydrogens is 226 g/mol.